The molecular formula is C15H10F4N2O2. The Bertz CT molecular complexity index is 744. The molecule has 2 rings (SSSR count). The molecular weight excluding hydrogens is 316 g/mol. The monoisotopic (exact) mass is 326 g/mol. The van der Waals surface area contributed by atoms with Gasteiger partial charge in [-0.15, -0.1) is 0 Å². The Labute approximate surface area is 128 Å². The first-order valence-electron chi connectivity index (χ1n) is 6.22. The van der Waals surface area contributed by atoms with Crippen molar-refractivity contribution in [3.8, 4) is 11.5 Å². The summed E-state index contributed by atoms with van der Waals surface area (Å²) in [4.78, 5) is 15.0. The summed E-state index contributed by atoms with van der Waals surface area (Å²) in [6.07, 6.45) is -1.13. The predicted octanol–water partition coefficient (Wildman–Crippen LogP) is 4.16. The summed E-state index contributed by atoms with van der Waals surface area (Å²) in [5.41, 5.74) is -1.09. The van der Waals surface area contributed by atoms with Gasteiger partial charge in [0.25, 0.3) is 0 Å². The van der Waals surface area contributed by atoms with Crippen LogP contribution in [0.4, 0.5) is 23.2 Å². The number of nitrogens with zero attached hydrogens (tertiary/aromatic N) is 1. The van der Waals surface area contributed by atoms with Gasteiger partial charge in [-0.3, -0.25) is 9.78 Å². The molecule has 1 aromatic carbocycles. The molecule has 23 heavy (non-hydrogen) atoms. The van der Waals surface area contributed by atoms with Gasteiger partial charge in [0.05, 0.1) is 23.6 Å². The number of hydrogen-bond donors (Lipinski definition) is 1. The van der Waals surface area contributed by atoms with Gasteiger partial charge in [-0.25, -0.2) is 4.39 Å². The van der Waals surface area contributed by atoms with Crippen LogP contribution in [0.2, 0.25) is 0 Å². The van der Waals surface area contributed by atoms with E-state index in [0.29, 0.717) is 17.8 Å². The third kappa shape index (κ3) is 4.29. The molecule has 0 bridgehead atoms. The van der Waals surface area contributed by atoms with Crippen LogP contribution in [-0.4, -0.2) is 10.9 Å². The lowest BCUT2D eigenvalue weighted by atomic mass is 10.2. The average Bonchev–Trinajstić information content (AvgIpc) is 2.46. The zero-order valence-corrected chi connectivity index (χ0v) is 11.5. The zero-order chi connectivity index (χ0) is 17.0. The minimum Gasteiger partial charge on any atom is -0.456 e. The fraction of sp³-hybridized carbons (Fsp3) is 0.0667. The standard InChI is InChI=1S/C15H10F4N2O2/c1-2-14(22)21-9-5-11(8-20-7-9)23-10-3-4-12(13(16)6-10)15(17,18)19/h2-8H,1H2,(H,21,22). The molecule has 1 amide bonds. The Balaban J connectivity index is 2.19. The molecule has 120 valence electrons. The number of amides is 1. The molecule has 8 heteroatoms. The van der Waals surface area contributed by atoms with E-state index < -0.39 is 23.5 Å². The second-order valence-electron chi connectivity index (χ2n) is 4.34. The van der Waals surface area contributed by atoms with Crippen molar-refractivity contribution in [2.45, 2.75) is 6.18 Å². The molecule has 0 radical (unpaired) electrons. The van der Waals surface area contributed by atoms with Gasteiger partial charge in [-0.1, -0.05) is 6.58 Å². The number of nitrogens with one attached hydrogen (secondary N) is 1. The zero-order valence-electron chi connectivity index (χ0n) is 11.5. The van der Waals surface area contributed by atoms with Crippen LogP contribution >= 0.6 is 0 Å². The first-order chi connectivity index (χ1) is 10.8. The van der Waals surface area contributed by atoms with Crippen LogP contribution < -0.4 is 10.1 Å². The molecule has 0 spiro atoms. The number of anilines is 1. The number of ether oxygens (including phenoxy) is 1. The van der Waals surface area contributed by atoms with E-state index in [-0.39, 0.29) is 11.5 Å². The van der Waals surface area contributed by atoms with Crippen molar-refractivity contribution in [2.24, 2.45) is 0 Å². The number of alkyl halides is 3. The van der Waals surface area contributed by atoms with Crippen molar-refractivity contribution in [3.63, 3.8) is 0 Å². The van der Waals surface area contributed by atoms with Gasteiger partial charge < -0.3 is 10.1 Å². The van der Waals surface area contributed by atoms with Crippen molar-refractivity contribution < 1.29 is 27.1 Å². The molecule has 0 unspecified atom stereocenters. The maximum absolute atomic E-state index is 13.5. The van der Waals surface area contributed by atoms with Crippen molar-refractivity contribution in [1.29, 1.82) is 0 Å². The highest BCUT2D eigenvalue weighted by Crippen LogP contribution is 2.34. The molecule has 0 saturated heterocycles. The summed E-state index contributed by atoms with van der Waals surface area (Å²) >= 11 is 0. The molecule has 0 aliphatic carbocycles. The van der Waals surface area contributed by atoms with Crippen molar-refractivity contribution in [3.05, 3.63) is 60.7 Å². The van der Waals surface area contributed by atoms with Gasteiger partial charge in [0, 0.05) is 12.1 Å². The van der Waals surface area contributed by atoms with Crippen LogP contribution in [0.1, 0.15) is 5.56 Å². The quantitative estimate of drug-likeness (QED) is 0.678. The molecule has 0 atom stereocenters. The molecule has 1 heterocycles. The maximum atomic E-state index is 13.5. The fourth-order valence-corrected chi connectivity index (χ4v) is 1.66. The van der Waals surface area contributed by atoms with Gasteiger partial charge in [0.2, 0.25) is 5.91 Å². The Morgan fingerprint density at radius 2 is 1.96 bits per heavy atom. The summed E-state index contributed by atoms with van der Waals surface area (Å²) in [7, 11) is 0. The Hall–Kier alpha value is -2.90. The Morgan fingerprint density at radius 3 is 2.57 bits per heavy atom. The summed E-state index contributed by atoms with van der Waals surface area (Å²) in [5, 5.41) is 2.44. The highest BCUT2D eigenvalue weighted by atomic mass is 19.4. The van der Waals surface area contributed by atoms with E-state index in [2.05, 4.69) is 16.9 Å². The largest absolute Gasteiger partial charge is 0.456 e. The molecule has 4 nitrogen and oxygen atoms in total. The summed E-state index contributed by atoms with van der Waals surface area (Å²) in [6.45, 7) is 3.29. The Kier molecular flexibility index (Phi) is 4.63. The van der Waals surface area contributed by atoms with Crippen LogP contribution in [0.5, 0.6) is 11.5 Å². The second-order valence-corrected chi connectivity index (χ2v) is 4.34. The lowest BCUT2D eigenvalue weighted by molar-refractivity contribution is -0.140. The number of rotatable bonds is 4. The Morgan fingerprint density at radius 1 is 1.22 bits per heavy atom. The first-order valence-corrected chi connectivity index (χ1v) is 6.22. The van der Waals surface area contributed by atoms with E-state index in [1.165, 1.54) is 18.5 Å². The van der Waals surface area contributed by atoms with Gasteiger partial charge in [0.15, 0.2) is 0 Å². The van der Waals surface area contributed by atoms with Crippen molar-refractivity contribution >= 4 is 11.6 Å². The number of carbonyl (C=O) groups is 1. The molecule has 0 saturated carbocycles. The number of pyridine rings is 1. The van der Waals surface area contributed by atoms with Gasteiger partial charge >= 0.3 is 6.18 Å². The van der Waals surface area contributed by atoms with E-state index in [1.54, 1.807) is 0 Å². The predicted molar refractivity (Wildman–Crippen MR) is 74.5 cm³/mol. The van der Waals surface area contributed by atoms with E-state index in [4.69, 9.17) is 4.74 Å². The lowest BCUT2D eigenvalue weighted by Crippen LogP contribution is -2.08. The number of carbonyl (C=O) groups excluding carboxylic acids is 1. The van der Waals surface area contributed by atoms with Crippen LogP contribution in [0.25, 0.3) is 0 Å². The summed E-state index contributed by atoms with van der Waals surface area (Å²) < 4.78 is 56.1. The first kappa shape index (κ1) is 16.5. The van der Waals surface area contributed by atoms with Crippen LogP contribution in [0, 0.1) is 5.82 Å². The van der Waals surface area contributed by atoms with Crippen LogP contribution in [-0.2, 0) is 11.0 Å². The van der Waals surface area contributed by atoms with Gasteiger partial charge in [-0.05, 0) is 18.2 Å². The normalized spacial score (nSPS) is 11.0. The van der Waals surface area contributed by atoms with Crippen LogP contribution in [0.15, 0.2) is 49.3 Å². The minimum atomic E-state index is -4.78. The third-order valence-corrected chi connectivity index (χ3v) is 2.65. The fourth-order valence-electron chi connectivity index (χ4n) is 1.66. The average molecular weight is 326 g/mol. The SMILES string of the molecule is C=CC(=O)Nc1cncc(Oc2ccc(C(F)(F)F)c(F)c2)c1. The summed E-state index contributed by atoms with van der Waals surface area (Å²) in [6, 6.07) is 3.57. The number of benzene rings is 1. The number of aromatic nitrogens is 1. The maximum Gasteiger partial charge on any atom is 0.419 e. The van der Waals surface area contributed by atoms with Crippen molar-refractivity contribution in [1.82, 2.24) is 4.98 Å². The molecule has 0 aliphatic heterocycles. The second kappa shape index (κ2) is 6.47. The van der Waals surface area contributed by atoms with Crippen molar-refractivity contribution in [2.75, 3.05) is 5.32 Å². The highest BCUT2D eigenvalue weighted by Gasteiger charge is 2.34. The van der Waals surface area contributed by atoms with Gasteiger partial charge in [-0.2, -0.15) is 13.2 Å². The smallest absolute Gasteiger partial charge is 0.419 e. The molecule has 0 fully saturated rings. The summed E-state index contributed by atoms with van der Waals surface area (Å²) in [5.74, 6) is -1.93. The molecule has 2 aromatic rings. The lowest BCUT2D eigenvalue weighted by Gasteiger charge is -2.11. The van der Waals surface area contributed by atoms with Crippen LogP contribution in [0.3, 0.4) is 0 Å². The molecule has 0 aliphatic rings. The minimum absolute atomic E-state index is 0.117. The third-order valence-electron chi connectivity index (χ3n) is 2.65. The topological polar surface area (TPSA) is 51.2 Å². The molecule has 1 aromatic heterocycles. The molecule has 1 N–H and O–H groups in total. The number of halogens is 4. The van der Waals surface area contributed by atoms with E-state index in [0.717, 1.165) is 12.1 Å². The van der Waals surface area contributed by atoms with E-state index in [1.807, 2.05) is 0 Å². The highest BCUT2D eigenvalue weighted by molar-refractivity contribution is 5.98. The van der Waals surface area contributed by atoms with E-state index >= 15 is 0 Å². The van der Waals surface area contributed by atoms with E-state index in [9.17, 15) is 22.4 Å². The van der Waals surface area contributed by atoms with Gasteiger partial charge in [0.1, 0.15) is 17.3 Å². The number of hydrogen-bond acceptors (Lipinski definition) is 3.